The first kappa shape index (κ1) is 29.0. The van der Waals surface area contributed by atoms with Crippen LogP contribution in [0.4, 0.5) is 0 Å². The van der Waals surface area contributed by atoms with Crippen molar-refractivity contribution < 1.29 is 4.42 Å². The van der Waals surface area contributed by atoms with Crippen molar-refractivity contribution in [3.8, 4) is 56.4 Å². The van der Waals surface area contributed by atoms with Crippen LogP contribution >= 0.6 is 0 Å². The van der Waals surface area contributed by atoms with Gasteiger partial charge in [0.1, 0.15) is 11.2 Å². The largest absolute Gasteiger partial charge is 0.455 e. The summed E-state index contributed by atoms with van der Waals surface area (Å²) in [5.74, 6) is 1.85. The van der Waals surface area contributed by atoms with Crippen molar-refractivity contribution in [2.45, 2.75) is 0 Å². The van der Waals surface area contributed by atoms with E-state index in [0.717, 1.165) is 60.5 Å². The van der Waals surface area contributed by atoms with Gasteiger partial charge in [0.15, 0.2) is 17.5 Å². The fourth-order valence-electron chi connectivity index (χ4n) is 7.22. The van der Waals surface area contributed by atoms with Gasteiger partial charge in [0.2, 0.25) is 0 Å². The van der Waals surface area contributed by atoms with E-state index in [1.807, 2.05) is 60.7 Å². The highest BCUT2D eigenvalue weighted by atomic mass is 16.3. The summed E-state index contributed by atoms with van der Waals surface area (Å²) in [4.78, 5) is 15.2. The summed E-state index contributed by atoms with van der Waals surface area (Å²) in [6.45, 7) is 0. The van der Waals surface area contributed by atoms with Gasteiger partial charge in [0.05, 0.1) is 0 Å². The summed E-state index contributed by atoms with van der Waals surface area (Å²) < 4.78 is 6.70. The molecule has 0 bridgehead atoms. The number of hydrogen-bond donors (Lipinski definition) is 0. The molecule has 2 heterocycles. The van der Waals surface area contributed by atoms with Crippen LogP contribution in [0, 0.1) is 0 Å². The van der Waals surface area contributed by atoms with Gasteiger partial charge in [-0.05, 0) is 56.6 Å². The number of benzene rings is 8. The molecule has 10 aromatic rings. The first-order chi connectivity index (χ1) is 25.3. The van der Waals surface area contributed by atoms with Crippen molar-refractivity contribution in [1.82, 2.24) is 15.0 Å². The van der Waals surface area contributed by atoms with Gasteiger partial charge in [0.25, 0.3) is 0 Å². The molecule has 10 rings (SSSR count). The maximum absolute atomic E-state index is 6.70. The molecule has 8 aromatic carbocycles. The highest BCUT2D eigenvalue weighted by Gasteiger charge is 2.21. The van der Waals surface area contributed by atoms with E-state index in [0.29, 0.717) is 17.5 Å². The fourth-order valence-corrected chi connectivity index (χ4v) is 7.22. The highest BCUT2D eigenvalue weighted by Crippen LogP contribution is 2.42. The van der Waals surface area contributed by atoms with E-state index in [-0.39, 0.29) is 0 Å². The zero-order valence-electron chi connectivity index (χ0n) is 27.5. The van der Waals surface area contributed by atoms with Gasteiger partial charge in [-0.15, -0.1) is 0 Å². The molecule has 0 aliphatic rings. The van der Waals surface area contributed by atoms with Crippen molar-refractivity contribution in [2.75, 3.05) is 0 Å². The molecule has 51 heavy (non-hydrogen) atoms. The lowest BCUT2D eigenvalue weighted by Gasteiger charge is -2.11. The van der Waals surface area contributed by atoms with Crippen LogP contribution in [0.2, 0.25) is 0 Å². The second-order valence-electron chi connectivity index (χ2n) is 12.8. The Morgan fingerprint density at radius 1 is 0.333 bits per heavy atom. The van der Waals surface area contributed by atoms with Crippen molar-refractivity contribution in [3.05, 3.63) is 176 Å². The molecule has 0 saturated carbocycles. The zero-order valence-corrected chi connectivity index (χ0v) is 27.5. The van der Waals surface area contributed by atoms with E-state index >= 15 is 0 Å². The Kier molecular flexibility index (Phi) is 6.78. The van der Waals surface area contributed by atoms with Gasteiger partial charge < -0.3 is 4.42 Å². The number of fused-ring (bicyclic) bond motifs is 6. The normalized spacial score (nSPS) is 11.5. The molecule has 0 aliphatic heterocycles. The van der Waals surface area contributed by atoms with Gasteiger partial charge in [-0.25, -0.2) is 15.0 Å². The Bertz CT molecular complexity index is 2830. The van der Waals surface area contributed by atoms with Crippen LogP contribution in [-0.2, 0) is 0 Å². The highest BCUT2D eigenvalue weighted by molar-refractivity contribution is 6.21. The summed E-state index contributed by atoms with van der Waals surface area (Å²) in [5, 5.41) is 6.61. The molecule has 2 aromatic heterocycles. The minimum absolute atomic E-state index is 0.603. The molecule has 238 valence electrons. The molecule has 0 saturated heterocycles. The lowest BCUT2D eigenvalue weighted by Crippen LogP contribution is -2.00. The molecule has 0 atom stereocenters. The molecule has 4 heteroatoms. The lowest BCUT2D eigenvalue weighted by atomic mass is 9.95. The van der Waals surface area contributed by atoms with E-state index in [2.05, 4.69) is 115 Å². The molecule has 0 spiro atoms. The van der Waals surface area contributed by atoms with Crippen LogP contribution in [0.15, 0.2) is 180 Å². The van der Waals surface area contributed by atoms with Gasteiger partial charge in [-0.2, -0.15) is 0 Å². The second kappa shape index (κ2) is 11.9. The molecule has 0 aliphatic carbocycles. The number of hydrogen-bond acceptors (Lipinski definition) is 4. The summed E-state index contributed by atoms with van der Waals surface area (Å²) in [6, 6.07) is 61.1. The topological polar surface area (TPSA) is 51.8 Å². The minimum atomic E-state index is 0.603. The van der Waals surface area contributed by atoms with Gasteiger partial charge in [-0.1, -0.05) is 158 Å². The van der Waals surface area contributed by atoms with Crippen LogP contribution in [0.3, 0.4) is 0 Å². The molecular weight excluding hydrogens is 623 g/mol. The fraction of sp³-hybridized carbons (Fsp3) is 0. The number of aromatic nitrogens is 3. The van der Waals surface area contributed by atoms with Crippen LogP contribution in [0.1, 0.15) is 0 Å². The van der Waals surface area contributed by atoms with Crippen molar-refractivity contribution in [1.29, 1.82) is 0 Å². The van der Waals surface area contributed by atoms with Crippen molar-refractivity contribution in [2.24, 2.45) is 0 Å². The summed E-state index contributed by atoms with van der Waals surface area (Å²) >= 11 is 0. The van der Waals surface area contributed by atoms with Crippen LogP contribution in [0.25, 0.3) is 99.9 Å². The Labute approximate surface area is 294 Å². The number of nitrogens with zero attached hydrogens (tertiary/aromatic N) is 3. The van der Waals surface area contributed by atoms with Gasteiger partial charge >= 0.3 is 0 Å². The van der Waals surface area contributed by atoms with E-state index in [4.69, 9.17) is 19.4 Å². The third-order valence-corrected chi connectivity index (χ3v) is 9.72. The predicted octanol–water partition coefficient (Wildman–Crippen LogP) is 12.4. The van der Waals surface area contributed by atoms with Crippen molar-refractivity contribution in [3.63, 3.8) is 0 Å². The van der Waals surface area contributed by atoms with E-state index in [9.17, 15) is 0 Å². The molecular formula is C47H29N3O. The maximum atomic E-state index is 6.70. The maximum Gasteiger partial charge on any atom is 0.164 e. The minimum Gasteiger partial charge on any atom is -0.455 e. The molecule has 0 amide bonds. The summed E-state index contributed by atoms with van der Waals surface area (Å²) in [7, 11) is 0. The number of furan rings is 1. The van der Waals surface area contributed by atoms with Gasteiger partial charge in [0, 0.05) is 32.8 Å². The lowest BCUT2D eigenvalue weighted by molar-refractivity contribution is 0.673. The van der Waals surface area contributed by atoms with E-state index < -0.39 is 0 Å². The van der Waals surface area contributed by atoms with Gasteiger partial charge in [-0.3, -0.25) is 0 Å². The third-order valence-electron chi connectivity index (χ3n) is 9.72. The Hall–Kier alpha value is -6.91. The Morgan fingerprint density at radius 2 is 0.902 bits per heavy atom. The molecule has 4 nitrogen and oxygen atoms in total. The molecule has 0 radical (unpaired) electrons. The van der Waals surface area contributed by atoms with Crippen LogP contribution in [-0.4, -0.2) is 15.0 Å². The SMILES string of the molecule is c1ccc(-c2nc(-c3ccccc3)nc(-c3cc4ccccc4c4oc5ccc(-c6ccc(-c7cccc8ccccc78)cc6)cc5c34)n2)cc1. The Morgan fingerprint density at radius 3 is 1.63 bits per heavy atom. The monoisotopic (exact) mass is 651 g/mol. The first-order valence-corrected chi connectivity index (χ1v) is 17.1. The predicted molar refractivity (Wildman–Crippen MR) is 209 cm³/mol. The molecule has 0 unspecified atom stereocenters. The first-order valence-electron chi connectivity index (χ1n) is 17.1. The molecule has 0 fully saturated rings. The zero-order chi connectivity index (χ0) is 33.7. The third kappa shape index (κ3) is 5.04. The molecule has 0 N–H and O–H groups in total. The number of rotatable bonds is 5. The quantitative estimate of drug-likeness (QED) is 0.186. The van der Waals surface area contributed by atoms with E-state index in [1.165, 1.54) is 21.9 Å². The van der Waals surface area contributed by atoms with Crippen LogP contribution < -0.4 is 0 Å². The standard InChI is InChI=1S/C47H29N3O/c1-3-13-33(14-4-1)45-48-46(34-15-5-2-6-16-34)50-47(49-45)41-29-36-17-8-10-20-39(36)44-43(41)40-28-35(26-27-42(40)51-44)30-22-24-32(25-23-30)38-21-11-18-31-12-7-9-19-37(31)38/h1-29H. The summed E-state index contributed by atoms with van der Waals surface area (Å²) in [6.07, 6.45) is 0. The average molecular weight is 652 g/mol. The Balaban J connectivity index is 1.17. The second-order valence-corrected chi connectivity index (χ2v) is 12.8. The van der Waals surface area contributed by atoms with Crippen molar-refractivity contribution >= 4 is 43.5 Å². The smallest absolute Gasteiger partial charge is 0.164 e. The van der Waals surface area contributed by atoms with Crippen LogP contribution in [0.5, 0.6) is 0 Å². The summed E-state index contributed by atoms with van der Waals surface area (Å²) in [5.41, 5.74) is 9.08. The van der Waals surface area contributed by atoms with E-state index in [1.54, 1.807) is 0 Å². The average Bonchev–Trinajstić information content (AvgIpc) is 3.60.